The summed E-state index contributed by atoms with van der Waals surface area (Å²) in [5.74, 6) is 2.39. The van der Waals surface area contributed by atoms with Crippen molar-refractivity contribution in [2.24, 2.45) is 10.7 Å². The summed E-state index contributed by atoms with van der Waals surface area (Å²) in [5, 5.41) is 9.85. The molecule has 1 saturated heterocycles. The van der Waals surface area contributed by atoms with Gasteiger partial charge < -0.3 is 20.5 Å². The van der Waals surface area contributed by atoms with E-state index in [0.29, 0.717) is 5.96 Å². The fourth-order valence-electron chi connectivity index (χ4n) is 2.10. The molecule has 1 aromatic rings. The fraction of sp³-hybridized carbons (Fsp3) is 0.533. The Morgan fingerprint density at radius 2 is 2.08 bits per heavy atom. The summed E-state index contributed by atoms with van der Waals surface area (Å²) in [6.07, 6.45) is -5.37. The zero-order valence-corrected chi connectivity index (χ0v) is 13.8. The minimum Gasteiger partial charge on any atom is -0.491 e. The second-order valence-electron chi connectivity index (χ2n) is 5.29. The highest BCUT2D eigenvalue weighted by Crippen LogP contribution is 2.31. The van der Waals surface area contributed by atoms with E-state index < -0.39 is 17.8 Å². The second-order valence-corrected chi connectivity index (χ2v) is 6.51. The van der Waals surface area contributed by atoms with Crippen molar-refractivity contribution in [3.05, 3.63) is 29.8 Å². The van der Waals surface area contributed by atoms with Crippen molar-refractivity contribution in [2.75, 3.05) is 37.7 Å². The summed E-state index contributed by atoms with van der Waals surface area (Å²) in [4.78, 5) is 6.06. The molecule has 1 aromatic carbocycles. The molecule has 0 aliphatic carbocycles. The van der Waals surface area contributed by atoms with Crippen LogP contribution in [0.3, 0.4) is 0 Å². The molecule has 0 aromatic heterocycles. The Bertz CT molecular complexity index is 563. The molecule has 0 amide bonds. The Kier molecular flexibility index (Phi) is 6.61. The van der Waals surface area contributed by atoms with E-state index in [1.54, 1.807) is 0 Å². The molecule has 24 heavy (non-hydrogen) atoms. The maximum absolute atomic E-state index is 12.6. The zero-order chi connectivity index (χ0) is 17.6. The second kappa shape index (κ2) is 8.48. The number of ether oxygens (including phenoxy) is 1. The van der Waals surface area contributed by atoms with E-state index in [1.165, 1.54) is 12.1 Å². The Balaban J connectivity index is 1.81. The molecule has 0 saturated carbocycles. The van der Waals surface area contributed by atoms with E-state index in [2.05, 4.69) is 4.99 Å². The van der Waals surface area contributed by atoms with Crippen molar-refractivity contribution in [1.82, 2.24) is 4.90 Å². The number of alkyl halides is 3. The van der Waals surface area contributed by atoms with Crippen molar-refractivity contribution in [3.8, 4) is 5.75 Å². The Morgan fingerprint density at radius 3 is 2.75 bits per heavy atom. The van der Waals surface area contributed by atoms with Gasteiger partial charge in [-0.2, -0.15) is 24.9 Å². The van der Waals surface area contributed by atoms with Crippen LogP contribution >= 0.6 is 11.8 Å². The highest BCUT2D eigenvalue weighted by Gasteiger charge is 2.30. The number of benzene rings is 1. The molecule has 9 heteroatoms. The first kappa shape index (κ1) is 18.7. The monoisotopic (exact) mass is 363 g/mol. The number of halogens is 3. The summed E-state index contributed by atoms with van der Waals surface area (Å²) < 4.78 is 43.0. The molecule has 1 unspecified atom stereocenters. The van der Waals surface area contributed by atoms with Crippen molar-refractivity contribution >= 4 is 17.7 Å². The summed E-state index contributed by atoms with van der Waals surface area (Å²) in [6.45, 7) is 1.51. The van der Waals surface area contributed by atoms with E-state index in [0.717, 1.165) is 36.7 Å². The van der Waals surface area contributed by atoms with Crippen LogP contribution < -0.4 is 10.5 Å². The van der Waals surface area contributed by atoms with Gasteiger partial charge in [-0.25, -0.2) is 0 Å². The van der Waals surface area contributed by atoms with E-state index in [1.807, 2.05) is 16.7 Å². The number of nitrogens with two attached hydrogens (primary N) is 1. The van der Waals surface area contributed by atoms with Crippen molar-refractivity contribution in [3.63, 3.8) is 0 Å². The molecule has 1 atom stereocenters. The van der Waals surface area contributed by atoms with Gasteiger partial charge in [0.25, 0.3) is 0 Å². The Labute approximate surface area is 142 Å². The van der Waals surface area contributed by atoms with Gasteiger partial charge in [-0.05, 0) is 18.2 Å². The fourth-order valence-corrected chi connectivity index (χ4v) is 3.00. The van der Waals surface area contributed by atoms with Crippen LogP contribution in [0.25, 0.3) is 0 Å². The summed E-state index contributed by atoms with van der Waals surface area (Å²) in [5.41, 5.74) is 5.07. The molecule has 1 aliphatic heterocycles. The number of aliphatic hydroxyl groups excluding tert-OH is 1. The lowest BCUT2D eigenvalue weighted by molar-refractivity contribution is -0.137. The molecule has 134 valence electrons. The SMILES string of the molecule is NC(=NCC(O)COc1cccc(C(F)(F)F)c1)N1CCSCC1. The van der Waals surface area contributed by atoms with Crippen LogP contribution in [0, 0.1) is 0 Å². The molecule has 3 N–H and O–H groups in total. The third-order valence-electron chi connectivity index (χ3n) is 3.40. The highest BCUT2D eigenvalue weighted by molar-refractivity contribution is 7.99. The Morgan fingerprint density at radius 1 is 1.38 bits per heavy atom. The van der Waals surface area contributed by atoms with Gasteiger partial charge in [-0.3, -0.25) is 4.99 Å². The summed E-state index contributed by atoms with van der Waals surface area (Å²) in [7, 11) is 0. The number of hydrogen-bond acceptors (Lipinski definition) is 4. The number of nitrogens with zero attached hydrogens (tertiary/aromatic N) is 2. The lowest BCUT2D eigenvalue weighted by Gasteiger charge is -2.27. The molecule has 5 nitrogen and oxygen atoms in total. The summed E-state index contributed by atoms with van der Waals surface area (Å²) in [6, 6.07) is 4.53. The molecule has 2 rings (SSSR count). The standard InChI is InChI=1S/C15H20F3N3O2S/c16-15(17,18)11-2-1-3-13(8-11)23-10-12(22)9-20-14(19)21-4-6-24-7-5-21/h1-3,8,12,22H,4-7,9-10H2,(H2,19,20). The Hall–Kier alpha value is -1.61. The third kappa shape index (κ3) is 5.79. The van der Waals surface area contributed by atoms with Crippen LogP contribution in [-0.4, -0.2) is 59.8 Å². The van der Waals surface area contributed by atoms with Gasteiger partial charge in [0, 0.05) is 24.6 Å². The van der Waals surface area contributed by atoms with Gasteiger partial charge in [-0.15, -0.1) is 0 Å². The lowest BCUT2D eigenvalue weighted by atomic mass is 10.2. The van der Waals surface area contributed by atoms with E-state index in [-0.39, 0.29) is 18.9 Å². The first-order valence-electron chi connectivity index (χ1n) is 7.47. The first-order valence-corrected chi connectivity index (χ1v) is 8.62. The predicted octanol–water partition coefficient (Wildman–Crippen LogP) is 1.81. The van der Waals surface area contributed by atoms with Gasteiger partial charge in [0.1, 0.15) is 18.5 Å². The maximum atomic E-state index is 12.6. The largest absolute Gasteiger partial charge is 0.491 e. The maximum Gasteiger partial charge on any atom is 0.416 e. The highest BCUT2D eigenvalue weighted by atomic mass is 32.2. The van der Waals surface area contributed by atoms with Gasteiger partial charge in [0.2, 0.25) is 0 Å². The number of rotatable bonds is 5. The van der Waals surface area contributed by atoms with Crippen LogP contribution in [0.5, 0.6) is 5.75 Å². The smallest absolute Gasteiger partial charge is 0.416 e. The molecule has 0 radical (unpaired) electrons. The van der Waals surface area contributed by atoms with Crippen molar-refractivity contribution in [2.45, 2.75) is 12.3 Å². The van der Waals surface area contributed by atoms with E-state index in [9.17, 15) is 18.3 Å². The quantitative estimate of drug-likeness (QED) is 0.617. The molecule has 1 aliphatic rings. The van der Waals surface area contributed by atoms with E-state index in [4.69, 9.17) is 10.5 Å². The molecular weight excluding hydrogens is 343 g/mol. The molecule has 1 fully saturated rings. The van der Waals surface area contributed by atoms with E-state index >= 15 is 0 Å². The third-order valence-corrected chi connectivity index (χ3v) is 4.35. The number of hydrogen-bond donors (Lipinski definition) is 2. The number of aliphatic imine (C=N–C) groups is 1. The van der Waals surface area contributed by atoms with Crippen LogP contribution in [0.4, 0.5) is 13.2 Å². The zero-order valence-electron chi connectivity index (χ0n) is 13.0. The molecular formula is C15H20F3N3O2S. The van der Waals surface area contributed by atoms with Gasteiger partial charge in [-0.1, -0.05) is 6.07 Å². The number of guanidine groups is 1. The predicted molar refractivity (Wildman–Crippen MR) is 88.3 cm³/mol. The van der Waals surface area contributed by atoms with Crippen molar-refractivity contribution < 1.29 is 23.0 Å². The van der Waals surface area contributed by atoms with Crippen molar-refractivity contribution in [1.29, 1.82) is 0 Å². The summed E-state index contributed by atoms with van der Waals surface area (Å²) >= 11 is 1.85. The van der Waals surface area contributed by atoms with Crippen LogP contribution in [-0.2, 0) is 6.18 Å². The molecule has 0 spiro atoms. The number of thioether (sulfide) groups is 1. The number of aliphatic hydroxyl groups is 1. The minimum atomic E-state index is -4.43. The normalized spacial score (nSPS) is 17.7. The van der Waals surface area contributed by atoms with Gasteiger partial charge in [0.05, 0.1) is 12.1 Å². The minimum absolute atomic E-state index is 0.0361. The lowest BCUT2D eigenvalue weighted by Crippen LogP contribution is -2.43. The van der Waals surface area contributed by atoms with Crippen LogP contribution in [0.15, 0.2) is 29.3 Å². The average molecular weight is 363 g/mol. The first-order chi connectivity index (χ1) is 11.4. The van der Waals surface area contributed by atoms with Crippen LogP contribution in [0.1, 0.15) is 5.56 Å². The average Bonchev–Trinajstić information content (AvgIpc) is 2.58. The van der Waals surface area contributed by atoms with Gasteiger partial charge in [0.15, 0.2) is 5.96 Å². The van der Waals surface area contributed by atoms with Crippen LogP contribution in [0.2, 0.25) is 0 Å². The molecule has 1 heterocycles. The van der Waals surface area contributed by atoms with Gasteiger partial charge >= 0.3 is 6.18 Å². The topological polar surface area (TPSA) is 71.1 Å². The molecule has 0 bridgehead atoms.